The van der Waals surface area contributed by atoms with Gasteiger partial charge < -0.3 is 24.9 Å². The Hall–Kier alpha value is -3.96. The van der Waals surface area contributed by atoms with Gasteiger partial charge in [0.2, 0.25) is 11.8 Å². The second-order valence-corrected chi connectivity index (χ2v) is 14.8. The number of nitrogens with one attached hydrogen (secondary N) is 1. The van der Waals surface area contributed by atoms with Crippen LogP contribution in [0.25, 0.3) is 10.9 Å². The van der Waals surface area contributed by atoms with E-state index in [9.17, 15) is 14.4 Å². The smallest absolute Gasteiger partial charge is 0.322 e. The zero-order chi connectivity index (χ0) is 34.1. The van der Waals surface area contributed by atoms with Gasteiger partial charge in [-0.2, -0.15) is 5.10 Å². The number of piperidine rings is 2. The fourth-order valence-electron chi connectivity index (χ4n) is 8.71. The van der Waals surface area contributed by atoms with Gasteiger partial charge in [0.05, 0.1) is 17.6 Å². The molecule has 3 fully saturated rings. The van der Waals surface area contributed by atoms with Crippen molar-refractivity contribution in [1.29, 1.82) is 0 Å². The van der Waals surface area contributed by atoms with E-state index in [0.29, 0.717) is 45.2 Å². The third kappa shape index (κ3) is 7.33. The summed E-state index contributed by atoms with van der Waals surface area (Å²) in [5.41, 5.74) is 5.33. The second kappa shape index (κ2) is 14.5. The molecule has 3 aromatic rings. The van der Waals surface area contributed by atoms with Crippen LogP contribution >= 0.6 is 0 Å². The van der Waals surface area contributed by atoms with Gasteiger partial charge in [0.25, 0.3) is 0 Å². The summed E-state index contributed by atoms with van der Waals surface area (Å²) in [5, 5.41) is 8.60. The summed E-state index contributed by atoms with van der Waals surface area (Å²) in [6.45, 7) is 9.42. The number of likely N-dealkylation sites (tertiary alicyclic amines) is 2. The number of piperazine rings is 1. The number of carbonyl (C=O) groups is 3. The molecule has 4 amide bonds. The van der Waals surface area contributed by atoms with Crippen molar-refractivity contribution in [2.75, 3.05) is 71.3 Å². The molecule has 1 N–H and O–H groups in total. The van der Waals surface area contributed by atoms with Gasteiger partial charge in [0.1, 0.15) is 0 Å². The van der Waals surface area contributed by atoms with Gasteiger partial charge in [0.15, 0.2) is 0 Å². The standard InChI is InChI=1S/C38H52N8O3/c1-27-22-28(24-31-26-39-42(3)36(27)31)23-30(37(48)45-20-18-43(19-21-45)32-9-13-41(2)14-10-32)25-35(47)44-15-11-33(12-16-44)46-17-8-29-6-4-5-7-34(29)40-38(46)49/h4-7,22,24,26,30,32-33H,8-21,23,25H2,1-3H3,(H,40,49). The summed E-state index contributed by atoms with van der Waals surface area (Å²) in [6.07, 6.45) is 7.26. The highest BCUT2D eigenvalue weighted by Crippen LogP contribution is 2.28. The quantitative estimate of drug-likeness (QED) is 0.412. The van der Waals surface area contributed by atoms with Crippen LogP contribution in [0.15, 0.2) is 42.6 Å². The Kier molecular flexibility index (Phi) is 9.91. The van der Waals surface area contributed by atoms with Crippen LogP contribution in [0.5, 0.6) is 0 Å². The number of hydrogen-bond donors (Lipinski definition) is 1. The zero-order valence-corrected chi connectivity index (χ0v) is 29.4. The average molecular weight is 669 g/mol. The number of amides is 4. The molecule has 5 heterocycles. The van der Waals surface area contributed by atoms with Crippen molar-refractivity contribution in [1.82, 2.24) is 34.3 Å². The van der Waals surface area contributed by atoms with Gasteiger partial charge in [-0.05, 0) is 94.4 Å². The molecule has 0 bridgehead atoms. The topological polar surface area (TPSA) is 97.3 Å². The number of benzene rings is 2. The van der Waals surface area contributed by atoms with Crippen LogP contribution in [0.1, 0.15) is 48.8 Å². The van der Waals surface area contributed by atoms with E-state index < -0.39 is 5.92 Å². The van der Waals surface area contributed by atoms with E-state index in [1.54, 1.807) is 0 Å². The first-order valence-electron chi connectivity index (χ1n) is 18.3. The van der Waals surface area contributed by atoms with Crippen LogP contribution in [0, 0.1) is 12.8 Å². The van der Waals surface area contributed by atoms with Crippen molar-refractivity contribution in [2.24, 2.45) is 13.0 Å². The number of rotatable bonds is 7. The average Bonchev–Trinajstić information content (AvgIpc) is 3.40. The monoisotopic (exact) mass is 668 g/mol. The molecule has 1 unspecified atom stereocenters. The van der Waals surface area contributed by atoms with E-state index in [2.05, 4.69) is 52.4 Å². The van der Waals surface area contributed by atoms with Crippen LogP contribution in [-0.4, -0.2) is 130 Å². The lowest BCUT2D eigenvalue weighted by Gasteiger charge is -2.43. The minimum Gasteiger partial charge on any atom is -0.343 e. The SMILES string of the molecule is Cc1cc(CC(CC(=O)N2CCC(N3CCc4ccccc4NC3=O)CC2)C(=O)N2CCN(C3CCN(C)CC3)CC2)cc2cnn(C)c12. The number of aromatic nitrogens is 2. The van der Waals surface area contributed by atoms with Crippen molar-refractivity contribution < 1.29 is 14.4 Å². The lowest BCUT2D eigenvalue weighted by Crippen LogP contribution is -2.55. The lowest BCUT2D eigenvalue weighted by molar-refractivity contribution is -0.143. The Balaban J connectivity index is 1.01. The lowest BCUT2D eigenvalue weighted by atomic mass is 9.91. The van der Waals surface area contributed by atoms with Gasteiger partial charge in [-0.15, -0.1) is 0 Å². The maximum absolute atomic E-state index is 14.3. The molecule has 0 spiro atoms. The summed E-state index contributed by atoms with van der Waals surface area (Å²) in [4.78, 5) is 52.2. The molecule has 7 rings (SSSR count). The van der Waals surface area contributed by atoms with E-state index in [1.165, 1.54) is 12.8 Å². The molecule has 0 aliphatic carbocycles. The number of fused-ring (bicyclic) bond motifs is 2. The largest absolute Gasteiger partial charge is 0.343 e. The summed E-state index contributed by atoms with van der Waals surface area (Å²) in [7, 11) is 4.14. The van der Waals surface area contributed by atoms with E-state index in [-0.39, 0.29) is 30.3 Å². The summed E-state index contributed by atoms with van der Waals surface area (Å²) >= 11 is 0. The normalized spacial score (nSPS) is 21.0. The number of aryl methyl sites for hydroxylation is 2. The van der Waals surface area contributed by atoms with E-state index in [4.69, 9.17) is 0 Å². The molecule has 0 saturated carbocycles. The molecule has 11 nitrogen and oxygen atoms in total. The maximum Gasteiger partial charge on any atom is 0.322 e. The number of hydrogen-bond acceptors (Lipinski definition) is 6. The Morgan fingerprint density at radius 3 is 2.35 bits per heavy atom. The molecule has 3 saturated heterocycles. The van der Waals surface area contributed by atoms with Crippen LogP contribution in [0.3, 0.4) is 0 Å². The highest BCUT2D eigenvalue weighted by molar-refractivity contribution is 5.91. The Bertz CT molecular complexity index is 1660. The Morgan fingerprint density at radius 1 is 0.878 bits per heavy atom. The molecule has 4 aliphatic heterocycles. The first kappa shape index (κ1) is 33.5. The second-order valence-electron chi connectivity index (χ2n) is 14.8. The molecular formula is C38H52N8O3. The third-order valence-corrected chi connectivity index (χ3v) is 11.6. The molecule has 11 heteroatoms. The minimum absolute atomic E-state index is 0.0358. The van der Waals surface area contributed by atoms with Crippen molar-refractivity contribution in [2.45, 2.75) is 64.0 Å². The number of carbonyl (C=O) groups excluding carboxylic acids is 3. The molecule has 1 aromatic heterocycles. The van der Waals surface area contributed by atoms with Crippen molar-refractivity contribution in [3.8, 4) is 0 Å². The molecule has 262 valence electrons. The molecule has 1 atom stereocenters. The first-order chi connectivity index (χ1) is 23.7. The van der Waals surface area contributed by atoms with E-state index in [0.717, 1.165) is 78.7 Å². The van der Waals surface area contributed by atoms with E-state index >= 15 is 0 Å². The number of urea groups is 1. The summed E-state index contributed by atoms with van der Waals surface area (Å²) < 4.78 is 1.89. The van der Waals surface area contributed by atoms with Crippen molar-refractivity contribution in [3.05, 3.63) is 59.3 Å². The molecule has 2 aromatic carbocycles. The Morgan fingerprint density at radius 2 is 1.59 bits per heavy atom. The molecule has 49 heavy (non-hydrogen) atoms. The fraction of sp³-hybridized carbons (Fsp3) is 0.579. The van der Waals surface area contributed by atoms with Gasteiger partial charge in [0, 0.05) is 82.4 Å². The Labute approximate surface area is 290 Å². The predicted octanol–water partition coefficient (Wildman–Crippen LogP) is 3.75. The van der Waals surface area contributed by atoms with Crippen LogP contribution in [0.4, 0.5) is 10.5 Å². The fourth-order valence-corrected chi connectivity index (χ4v) is 8.71. The summed E-state index contributed by atoms with van der Waals surface area (Å²) in [6, 6.07) is 12.9. The van der Waals surface area contributed by atoms with Gasteiger partial charge in [-0.1, -0.05) is 24.3 Å². The van der Waals surface area contributed by atoms with Gasteiger partial charge in [-0.25, -0.2) is 4.79 Å². The highest BCUT2D eigenvalue weighted by atomic mass is 16.2. The molecule has 0 radical (unpaired) electrons. The van der Waals surface area contributed by atoms with Gasteiger partial charge >= 0.3 is 6.03 Å². The van der Waals surface area contributed by atoms with E-state index in [1.807, 2.05) is 50.8 Å². The highest BCUT2D eigenvalue weighted by Gasteiger charge is 2.35. The zero-order valence-electron chi connectivity index (χ0n) is 29.4. The number of anilines is 1. The van der Waals surface area contributed by atoms with Crippen molar-refractivity contribution in [3.63, 3.8) is 0 Å². The summed E-state index contributed by atoms with van der Waals surface area (Å²) in [5.74, 6) is -0.298. The minimum atomic E-state index is -0.427. The number of nitrogens with zero attached hydrogens (tertiary/aromatic N) is 7. The molecule has 4 aliphatic rings. The van der Waals surface area contributed by atoms with Crippen LogP contribution in [-0.2, 0) is 29.5 Å². The van der Waals surface area contributed by atoms with Gasteiger partial charge in [-0.3, -0.25) is 19.2 Å². The predicted molar refractivity (Wildman–Crippen MR) is 191 cm³/mol. The van der Waals surface area contributed by atoms with Crippen molar-refractivity contribution >= 4 is 34.4 Å². The maximum atomic E-state index is 14.3. The third-order valence-electron chi connectivity index (χ3n) is 11.6. The number of para-hydroxylation sites is 1. The van der Waals surface area contributed by atoms with Crippen LogP contribution < -0.4 is 5.32 Å². The molecular weight excluding hydrogens is 616 g/mol. The van der Waals surface area contributed by atoms with Crippen LogP contribution in [0.2, 0.25) is 0 Å². The first-order valence-corrected chi connectivity index (χ1v) is 18.3.